The Labute approximate surface area is 152 Å². The van der Waals surface area contributed by atoms with E-state index < -0.39 is 0 Å². The summed E-state index contributed by atoms with van der Waals surface area (Å²) in [7, 11) is 1.58. The van der Waals surface area contributed by atoms with Crippen molar-refractivity contribution in [3.63, 3.8) is 0 Å². The topological polar surface area (TPSA) is 50.8 Å². The fourth-order valence-electron chi connectivity index (χ4n) is 2.64. The lowest BCUT2D eigenvalue weighted by Crippen LogP contribution is -2.57. The maximum atomic E-state index is 12.8. The van der Waals surface area contributed by atoms with Crippen molar-refractivity contribution in [2.45, 2.75) is 32.9 Å². The van der Waals surface area contributed by atoms with E-state index in [2.05, 4.69) is 35.1 Å². The molecule has 23 heavy (non-hydrogen) atoms. The molecule has 0 saturated carbocycles. The van der Waals surface area contributed by atoms with E-state index >= 15 is 0 Å². The zero-order valence-corrected chi connectivity index (χ0v) is 16.3. The molecule has 0 aliphatic carbocycles. The van der Waals surface area contributed by atoms with Gasteiger partial charge in [-0.15, -0.1) is 12.4 Å². The molecule has 7 heteroatoms. The van der Waals surface area contributed by atoms with Gasteiger partial charge in [-0.05, 0) is 48.8 Å². The highest BCUT2D eigenvalue weighted by Crippen LogP contribution is 2.37. The van der Waals surface area contributed by atoms with Crippen LogP contribution in [0.3, 0.4) is 0 Å². The first-order chi connectivity index (χ1) is 10.5. The molecular weight excluding hydrogens is 384 g/mol. The number of ether oxygens (including phenoxy) is 2. The first-order valence-corrected chi connectivity index (χ1v) is 8.33. The lowest BCUT2D eigenvalue weighted by Gasteiger charge is -2.38. The summed E-state index contributed by atoms with van der Waals surface area (Å²) in [5, 5.41) is 3.38. The van der Waals surface area contributed by atoms with Gasteiger partial charge in [-0.2, -0.15) is 0 Å². The normalized spacial score (nSPS) is 20.7. The summed E-state index contributed by atoms with van der Waals surface area (Å²) < 4.78 is 11.7. The number of nitrogens with zero attached hydrogens (tertiary/aromatic N) is 1. The molecule has 0 spiro atoms. The van der Waals surface area contributed by atoms with Crippen LogP contribution < -0.4 is 14.8 Å². The SMILES string of the molecule is CCOc1c(Br)cc(C(=O)N2CCNC(C)C2C)cc1OC.Cl. The molecule has 0 bridgehead atoms. The molecule has 1 N–H and O–H groups in total. The van der Waals surface area contributed by atoms with Crippen LogP contribution in [-0.2, 0) is 0 Å². The van der Waals surface area contributed by atoms with Crippen molar-refractivity contribution >= 4 is 34.2 Å². The first-order valence-electron chi connectivity index (χ1n) is 7.54. The summed E-state index contributed by atoms with van der Waals surface area (Å²) in [4.78, 5) is 14.7. The van der Waals surface area contributed by atoms with Crippen LogP contribution in [0.5, 0.6) is 11.5 Å². The number of rotatable bonds is 4. The van der Waals surface area contributed by atoms with Crippen molar-refractivity contribution in [2.75, 3.05) is 26.8 Å². The summed E-state index contributed by atoms with van der Waals surface area (Å²) in [6, 6.07) is 3.98. The minimum atomic E-state index is 0. The van der Waals surface area contributed by atoms with Crippen LogP contribution in [0.15, 0.2) is 16.6 Å². The van der Waals surface area contributed by atoms with Gasteiger partial charge < -0.3 is 19.7 Å². The Bertz CT molecular complexity index is 556. The van der Waals surface area contributed by atoms with E-state index in [9.17, 15) is 4.79 Å². The zero-order valence-electron chi connectivity index (χ0n) is 13.9. The van der Waals surface area contributed by atoms with Gasteiger partial charge in [-0.1, -0.05) is 0 Å². The van der Waals surface area contributed by atoms with Crippen LogP contribution in [0.1, 0.15) is 31.1 Å². The van der Waals surface area contributed by atoms with Crippen LogP contribution in [0.25, 0.3) is 0 Å². The molecule has 2 rings (SSSR count). The third-order valence-corrected chi connectivity index (χ3v) is 4.65. The average molecular weight is 408 g/mol. The van der Waals surface area contributed by atoms with E-state index in [1.54, 1.807) is 19.2 Å². The number of carbonyl (C=O) groups excluding carboxylic acids is 1. The van der Waals surface area contributed by atoms with E-state index in [1.807, 2.05) is 11.8 Å². The quantitative estimate of drug-likeness (QED) is 0.833. The molecule has 1 aromatic carbocycles. The van der Waals surface area contributed by atoms with Gasteiger partial charge in [-0.3, -0.25) is 4.79 Å². The first kappa shape index (κ1) is 20.1. The molecule has 1 fully saturated rings. The molecule has 0 radical (unpaired) electrons. The van der Waals surface area contributed by atoms with Crippen molar-refractivity contribution in [3.8, 4) is 11.5 Å². The summed E-state index contributed by atoms with van der Waals surface area (Å²) >= 11 is 3.47. The molecule has 1 amide bonds. The Morgan fingerprint density at radius 3 is 2.74 bits per heavy atom. The van der Waals surface area contributed by atoms with Crippen LogP contribution in [0, 0.1) is 0 Å². The maximum absolute atomic E-state index is 12.8. The fraction of sp³-hybridized carbons (Fsp3) is 0.562. The maximum Gasteiger partial charge on any atom is 0.254 e. The van der Waals surface area contributed by atoms with Gasteiger partial charge >= 0.3 is 0 Å². The van der Waals surface area contributed by atoms with Gasteiger partial charge in [0.1, 0.15) is 0 Å². The number of nitrogens with one attached hydrogen (secondary N) is 1. The highest BCUT2D eigenvalue weighted by Gasteiger charge is 2.29. The standard InChI is InChI=1S/C16H23BrN2O3.ClH/c1-5-22-15-13(17)8-12(9-14(15)21-4)16(20)19-7-6-18-10(2)11(19)3;/h8-11,18H,5-7H2,1-4H3;1H. The average Bonchev–Trinajstić information content (AvgIpc) is 2.51. The predicted octanol–water partition coefficient (Wildman–Crippen LogP) is 3.10. The number of benzene rings is 1. The second-order valence-electron chi connectivity index (χ2n) is 5.40. The molecule has 2 atom stereocenters. The minimum Gasteiger partial charge on any atom is -0.493 e. The highest BCUT2D eigenvalue weighted by molar-refractivity contribution is 9.10. The molecule has 1 heterocycles. The molecule has 1 aliphatic rings. The number of hydrogen-bond acceptors (Lipinski definition) is 4. The van der Waals surface area contributed by atoms with Gasteiger partial charge in [0, 0.05) is 30.7 Å². The third-order valence-electron chi connectivity index (χ3n) is 4.06. The van der Waals surface area contributed by atoms with Crippen molar-refractivity contribution in [3.05, 3.63) is 22.2 Å². The van der Waals surface area contributed by atoms with E-state index in [4.69, 9.17) is 9.47 Å². The van der Waals surface area contributed by atoms with Crippen molar-refractivity contribution < 1.29 is 14.3 Å². The molecular formula is C16H24BrClN2O3. The summed E-state index contributed by atoms with van der Waals surface area (Å²) in [6.45, 7) is 8.13. The largest absolute Gasteiger partial charge is 0.493 e. The van der Waals surface area contributed by atoms with Gasteiger partial charge in [0.2, 0.25) is 0 Å². The Balaban J connectivity index is 0.00000264. The van der Waals surface area contributed by atoms with E-state index in [-0.39, 0.29) is 30.4 Å². The van der Waals surface area contributed by atoms with Gasteiger partial charge in [0.25, 0.3) is 5.91 Å². The van der Waals surface area contributed by atoms with Crippen molar-refractivity contribution in [2.24, 2.45) is 0 Å². The molecule has 1 saturated heterocycles. The number of carbonyl (C=O) groups is 1. The second kappa shape index (κ2) is 8.76. The van der Waals surface area contributed by atoms with Crippen LogP contribution in [-0.4, -0.2) is 49.7 Å². The Kier molecular flexibility index (Phi) is 7.64. The van der Waals surface area contributed by atoms with Crippen LogP contribution >= 0.6 is 28.3 Å². The molecule has 5 nitrogen and oxygen atoms in total. The lowest BCUT2D eigenvalue weighted by molar-refractivity contribution is 0.0602. The van der Waals surface area contributed by atoms with Gasteiger partial charge in [-0.25, -0.2) is 0 Å². The second-order valence-corrected chi connectivity index (χ2v) is 6.26. The van der Waals surface area contributed by atoms with Crippen molar-refractivity contribution in [1.29, 1.82) is 0 Å². The molecule has 1 aromatic rings. The molecule has 130 valence electrons. The molecule has 2 unspecified atom stereocenters. The van der Waals surface area contributed by atoms with Crippen molar-refractivity contribution in [1.82, 2.24) is 10.2 Å². The summed E-state index contributed by atoms with van der Waals surface area (Å²) in [5.74, 6) is 1.21. The Hall–Kier alpha value is -0.980. The zero-order chi connectivity index (χ0) is 16.3. The lowest BCUT2D eigenvalue weighted by atomic mass is 10.0. The Morgan fingerprint density at radius 1 is 1.43 bits per heavy atom. The smallest absolute Gasteiger partial charge is 0.254 e. The predicted molar refractivity (Wildman–Crippen MR) is 97.1 cm³/mol. The highest BCUT2D eigenvalue weighted by atomic mass is 79.9. The number of amides is 1. The monoisotopic (exact) mass is 406 g/mol. The summed E-state index contributed by atoms with van der Waals surface area (Å²) in [5.41, 5.74) is 0.605. The molecule has 0 aromatic heterocycles. The third kappa shape index (κ3) is 4.31. The number of hydrogen-bond donors (Lipinski definition) is 1. The van der Waals surface area contributed by atoms with Crippen LogP contribution in [0.4, 0.5) is 0 Å². The summed E-state index contributed by atoms with van der Waals surface area (Å²) in [6.07, 6.45) is 0. The van der Waals surface area contributed by atoms with E-state index in [0.717, 1.165) is 11.0 Å². The molecule has 1 aliphatic heterocycles. The number of methoxy groups -OCH3 is 1. The minimum absolute atomic E-state index is 0. The Morgan fingerprint density at radius 2 is 2.13 bits per heavy atom. The van der Waals surface area contributed by atoms with Crippen LogP contribution in [0.2, 0.25) is 0 Å². The number of halogens is 2. The fourth-order valence-corrected chi connectivity index (χ4v) is 3.19. The van der Waals surface area contributed by atoms with E-state index in [0.29, 0.717) is 30.2 Å². The van der Waals surface area contributed by atoms with Gasteiger partial charge in [0.05, 0.1) is 18.2 Å². The van der Waals surface area contributed by atoms with Gasteiger partial charge in [0.15, 0.2) is 11.5 Å². The van der Waals surface area contributed by atoms with E-state index in [1.165, 1.54) is 0 Å². The number of piperazine rings is 1.